The van der Waals surface area contributed by atoms with E-state index in [9.17, 15) is 5.11 Å². The molecule has 1 aromatic carbocycles. The van der Waals surface area contributed by atoms with Gasteiger partial charge in [-0.05, 0) is 62.8 Å². The summed E-state index contributed by atoms with van der Waals surface area (Å²) in [5.41, 5.74) is 1.65. The fourth-order valence-corrected chi connectivity index (χ4v) is 5.07. The van der Waals surface area contributed by atoms with Crippen LogP contribution in [0.25, 0.3) is 0 Å². The normalized spacial score (nSPS) is 27.2. The summed E-state index contributed by atoms with van der Waals surface area (Å²) >= 11 is 0. The van der Waals surface area contributed by atoms with E-state index in [1.165, 1.54) is 11.1 Å². The van der Waals surface area contributed by atoms with Crippen molar-refractivity contribution in [3.63, 3.8) is 0 Å². The van der Waals surface area contributed by atoms with E-state index in [4.69, 9.17) is 9.47 Å². The number of methoxy groups -OCH3 is 1. The molecular formula is C22H31N3O3. The van der Waals surface area contributed by atoms with E-state index in [0.717, 1.165) is 49.6 Å². The van der Waals surface area contributed by atoms with Crippen molar-refractivity contribution in [1.82, 2.24) is 14.5 Å². The minimum absolute atomic E-state index is 0.373. The summed E-state index contributed by atoms with van der Waals surface area (Å²) < 4.78 is 13.2. The fourth-order valence-electron chi connectivity index (χ4n) is 5.07. The Bertz CT molecular complexity index is 834. The molecule has 28 heavy (non-hydrogen) atoms. The molecule has 0 saturated carbocycles. The van der Waals surface area contributed by atoms with Crippen LogP contribution in [0.4, 0.5) is 0 Å². The molecule has 152 valence electrons. The van der Waals surface area contributed by atoms with Gasteiger partial charge in [0.1, 0.15) is 11.4 Å². The zero-order chi connectivity index (χ0) is 19.9. The number of aryl methyl sites for hydroxylation is 2. The summed E-state index contributed by atoms with van der Waals surface area (Å²) in [6.07, 6.45) is 7.43. The number of nitrogens with zero attached hydrogens (tertiary/aromatic N) is 3. The number of rotatable bonds is 6. The molecule has 1 N–H and O–H groups in total. The molecule has 2 fully saturated rings. The highest BCUT2D eigenvalue weighted by Crippen LogP contribution is 2.46. The van der Waals surface area contributed by atoms with Crippen molar-refractivity contribution < 1.29 is 14.6 Å². The molecular weight excluding hydrogens is 354 g/mol. The summed E-state index contributed by atoms with van der Waals surface area (Å²) in [4.78, 5) is 7.02. The van der Waals surface area contributed by atoms with E-state index in [-0.39, 0.29) is 0 Å². The monoisotopic (exact) mass is 385 g/mol. The van der Waals surface area contributed by atoms with Gasteiger partial charge in [-0.15, -0.1) is 0 Å². The van der Waals surface area contributed by atoms with Gasteiger partial charge in [-0.2, -0.15) is 0 Å². The second kappa shape index (κ2) is 7.41. The lowest BCUT2D eigenvalue weighted by atomic mass is 9.85. The lowest BCUT2D eigenvalue weighted by molar-refractivity contribution is -0.0670. The topological polar surface area (TPSA) is 59.8 Å². The molecule has 2 aliphatic heterocycles. The summed E-state index contributed by atoms with van der Waals surface area (Å²) in [5.74, 6) is 2.39. The zero-order valence-electron chi connectivity index (χ0n) is 17.3. The van der Waals surface area contributed by atoms with E-state index >= 15 is 0 Å². The smallest absolute Gasteiger partial charge is 0.161 e. The second-order valence-electron chi connectivity index (χ2n) is 8.22. The van der Waals surface area contributed by atoms with Crippen LogP contribution in [0.2, 0.25) is 0 Å². The van der Waals surface area contributed by atoms with Gasteiger partial charge in [0.15, 0.2) is 11.5 Å². The van der Waals surface area contributed by atoms with Crippen molar-refractivity contribution in [2.24, 2.45) is 7.05 Å². The largest absolute Gasteiger partial charge is 0.493 e. The van der Waals surface area contributed by atoms with Gasteiger partial charge in [0.05, 0.1) is 13.7 Å². The van der Waals surface area contributed by atoms with Gasteiger partial charge in [0.2, 0.25) is 0 Å². The van der Waals surface area contributed by atoms with E-state index < -0.39 is 5.60 Å². The third-order valence-corrected chi connectivity index (χ3v) is 6.43. The Hall–Kier alpha value is -2.05. The van der Waals surface area contributed by atoms with Crippen molar-refractivity contribution in [3.8, 4) is 11.5 Å². The minimum Gasteiger partial charge on any atom is -0.493 e. The maximum Gasteiger partial charge on any atom is 0.161 e. The van der Waals surface area contributed by atoms with Gasteiger partial charge in [0.25, 0.3) is 0 Å². The van der Waals surface area contributed by atoms with E-state index in [1.54, 1.807) is 13.3 Å². The molecule has 4 rings (SSSR count). The Balaban J connectivity index is 1.56. The number of fused-ring (bicyclic) bond motifs is 2. The summed E-state index contributed by atoms with van der Waals surface area (Å²) in [5, 5.41) is 11.4. The number of hydrogen-bond acceptors (Lipinski definition) is 5. The van der Waals surface area contributed by atoms with Crippen LogP contribution in [-0.2, 0) is 19.2 Å². The van der Waals surface area contributed by atoms with Gasteiger partial charge in [-0.25, -0.2) is 4.98 Å². The van der Waals surface area contributed by atoms with Crippen LogP contribution in [0.3, 0.4) is 0 Å². The Kier molecular flexibility index (Phi) is 5.10. The number of hydrogen-bond donors (Lipinski definition) is 1. The highest BCUT2D eigenvalue weighted by Gasteiger charge is 2.49. The van der Waals surface area contributed by atoms with E-state index in [2.05, 4.69) is 28.9 Å². The molecule has 6 heteroatoms. The summed E-state index contributed by atoms with van der Waals surface area (Å²) in [6.45, 7) is 5.61. The highest BCUT2D eigenvalue weighted by atomic mass is 16.5. The van der Waals surface area contributed by atoms with Crippen LogP contribution >= 0.6 is 0 Å². The van der Waals surface area contributed by atoms with Gasteiger partial charge >= 0.3 is 0 Å². The van der Waals surface area contributed by atoms with Crippen LogP contribution < -0.4 is 9.47 Å². The first-order valence-electron chi connectivity index (χ1n) is 10.2. The number of aliphatic hydroxyl groups is 1. The lowest BCUT2D eigenvalue weighted by Crippen LogP contribution is -2.50. The standard InChI is InChI=1S/C22H31N3O3/c1-5-28-20-11-16(15(2)10-19(20)27-4)14-25-17-6-7-18(25)13-22(26,12-17)21-23-8-9-24(21)3/h8-11,17-18,26H,5-7,12-14H2,1-4H3/t17-,18+,22?. The van der Waals surface area contributed by atoms with E-state index in [1.807, 2.05) is 24.7 Å². The molecule has 2 bridgehead atoms. The average Bonchev–Trinajstić information content (AvgIpc) is 3.20. The Morgan fingerprint density at radius 1 is 1.21 bits per heavy atom. The lowest BCUT2D eigenvalue weighted by Gasteiger charge is -2.43. The van der Waals surface area contributed by atoms with Crippen LogP contribution in [0.1, 0.15) is 49.6 Å². The summed E-state index contributed by atoms with van der Waals surface area (Å²) in [6, 6.07) is 4.93. The molecule has 1 aromatic heterocycles. The maximum atomic E-state index is 11.4. The van der Waals surface area contributed by atoms with Gasteiger partial charge < -0.3 is 19.1 Å². The first kappa shape index (κ1) is 19.3. The number of benzene rings is 1. The fraction of sp³-hybridized carbons (Fsp3) is 0.591. The molecule has 3 heterocycles. The quantitative estimate of drug-likeness (QED) is 0.828. The molecule has 2 aliphatic rings. The number of aromatic nitrogens is 2. The molecule has 6 nitrogen and oxygen atoms in total. The Morgan fingerprint density at radius 2 is 1.93 bits per heavy atom. The van der Waals surface area contributed by atoms with Crippen molar-refractivity contribution in [2.75, 3.05) is 13.7 Å². The van der Waals surface area contributed by atoms with E-state index in [0.29, 0.717) is 18.7 Å². The molecule has 3 atom stereocenters. The first-order valence-corrected chi connectivity index (χ1v) is 10.2. The highest BCUT2D eigenvalue weighted by molar-refractivity contribution is 5.47. The Labute approximate surface area is 167 Å². The van der Waals surface area contributed by atoms with Crippen LogP contribution in [0, 0.1) is 6.92 Å². The zero-order valence-corrected chi connectivity index (χ0v) is 17.3. The maximum absolute atomic E-state index is 11.4. The van der Waals surface area contributed by atoms with Gasteiger partial charge in [-0.1, -0.05) is 0 Å². The second-order valence-corrected chi connectivity index (χ2v) is 8.22. The number of imidazole rings is 1. The number of ether oxygens (including phenoxy) is 2. The first-order chi connectivity index (χ1) is 13.4. The molecule has 0 radical (unpaired) electrons. The van der Waals surface area contributed by atoms with Crippen LogP contribution in [0.15, 0.2) is 24.5 Å². The van der Waals surface area contributed by atoms with Crippen molar-refractivity contribution in [3.05, 3.63) is 41.5 Å². The number of piperidine rings is 1. The van der Waals surface area contributed by atoms with Crippen molar-refractivity contribution >= 4 is 0 Å². The molecule has 2 saturated heterocycles. The van der Waals surface area contributed by atoms with Gasteiger partial charge in [-0.3, -0.25) is 4.90 Å². The van der Waals surface area contributed by atoms with Gasteiger partial charge in [0, 0.05) is 38.1 Å². The molecule has 2 aromatic rings. The summed E-state index contributed by atoms with van der Waals surface area (Å²) in [7, 11) is 3.64. The third kappa shape index (κ3) is 3.29. The molecule has 0 spiro atoms. The SMILES string of the molecule is CCOc1cc(CN2[C@@H]3CC[C@H]2CC(O)(c2nccn2C)C3)c(C)cc1OC. The predicted octanol–water partition coefficient (Wildman–Crippen LogP) is 3.15. The van der Waals surface area contributed by atoms with Crippen LogP contribution in [0.5, 0.6) is 11.5 Å². The predicted molar refractivity (Wildman–Crippen MR) is 108 cm³/mol. The molecule has 1 unspecified atom stereocenters. The molecule has 0 amide bonds. The van der Waals surface area contributed by atoms with Crippen LogP contribution in [-0.4, -0.2) is 45.4 Å². The molecule has 0 aliphatic carbocycles. The Morgan fingerprint density at radius 3 is 2.50 bits per heavy atom. The minimum atomic E-state index is -0.827. The third-order valence-electron chi connectivity index (χ3n) is 6.43. The van der Waals surface area contributed by atoms with Crippen molar-refractivity contribution in [1.29, 1.82) is 0 Å². The average molecular weight is 386 g/mol. The van der Waals surface area contributed by atoms with Crippen molar-refractivity contribution in [2.45, 2.75) is 63.8 Å².